The molecule has 1 heterocycles. The second-order valence-corrected chi connectivity index (χ2v) is 7.79. The number of benzene rings is 2. The molecule has 1 unspecified atom stereocenters. The van der Waals surface area contributed by atoms with E-state index in [4.69, 9.17) is 11.6 Å². The van der Waals surface area contributed by atoms with Crippen LogP contribution in [0.3, 0.4) is 0 Å². The maximum absolute atomic E-state index is 5.99. The van der Waals surface area contributed by atoms with Gasteiger partial charge in [-0.15, -0.1) is 0 Å². The van der Waals surface area contributed by atoms with Crippen molar-refractivity contribution < 1.29 is 0 Å². The van der Waals surface area contributed by atoms with Crippen LogP contribution < -0.4 is 0 Å². The Bertz CT molecular complexity index is 751. The highest BCUT2D eigenvalue weighted by molar-refractivity contribution is 6.30. The third-order valence-electron chi connectivity index (χ3n) is 5.26. The van der Waals surface area contributed by atoms with Gasteiger partial charge in [0.2, 0.25) is 0 Å². The molecule has 3 heteroatoms. The Morgan fingerprint density at radius 2 is 1.56 bits per heavy atom. The maximum Gasteiger partial charge on any atom is 0.0945 e. The molecule has 3 aromatic rings. The molecule has 3 rings (SSSR count). The second-order valence-electron chi connectivity index (χ2n) is 7.35. The molecule has 1 atom stereocenters. The average molecular weight is 381 g/mol. The number of aromatic nitrogens is 2. The van der Waals surface area contributed by atoms with Crippen LogP contribution in [0.5, 0.6) is 0 Å². The van der Waals surface area contributed by atoms with E-state index in [-0.39, 0.29) is 0 Å². The lowest BCUT2D eigenvalue weighted by Crippen LogP contribution is -2.06. The zero-order valence-electron chi connectivity index (χ0n) is 15.9. The van der Waals surface area contributed by atoms with Crippen molar-refractivity contribution in [2.75, 3.05) is 0 Å². The fourth-order valence-electron chi connectivity index (χ4n) is 3.68. The Labute approximate surface area is 168 Å². The Kier molecular flexibility index (Phi) is 7.98. The van der Waals surface area contributed by atoms with Crippen molar-refractivity contribution >= 4 is 11.6 Å². The average Bonchev–Trinajstić information content (AvgIpc) is 3.21. The monoisotopic (exact) mass is 380 g/mol. The number of nitrogens with zero attached hydrogens (tertiary/aromatic N) is 2. The van der Waals surface area contributed by atoms with Crippen LogP contribution in [0, 0.1) is 5.92 Å². The fourth-order valence-corrected chi connectivity index (χ4v) is 3.80. The lowest BCUT2D eigenvalue weighted by atomic mass is 9.89. The Hall–Kier alpha value is -2.06. The lowest BCUT2D eigenvalue weighted by Gasteiger charge is -2.17. The Morgan fingerprint density at radius 3 is 2.30 bits per heavy atom. The minimum Gasteiger partial charge on any atom is -0.337 e. The topological polar surface area (TPSA) is 17.8 Å². The molecule has 0 N–H and O–H groups in total. The fraction of sp³-hybridized carbons (Fsp3) is 0.375. The third kappa shape index (κ3) is 7.22. The van der Waals surface area contributed by atoms with Gasteiger partial charge in [0, 0.05) is 24.0 Å². The summed E-state index contributed by atoms with van der Waals surface area (Å²) in [5.41, 5.74) is 2.84. The summed E-state index contributed by atoms with van der Waals surface area (Å²) in [5.74, 6) is 0.779. The van der Waals surface area contributed by atoms with Gasteiger partial charge in [-0.05, 0) is 67.7 Å². The van der Waals surface area contributed by atoms with Crippen molar-refractivity contribution in [3.8, 4) is 0 Å². The van der Waals surface area contributed by atoms with E-state index in [1.807, 2.05) is 24.7 Å². The first-order valence-electron chi connectivity index (χ1n) is 10.0. The first-order chi connectivity index (χ1) is 13.3. The van der Waals surface area contributed by atoms with E-state index in [9.17, 15) is 0 Å². The van der Waals surface area contributed by atoms with Gasteiger partial charge in [-0.2, -0.15) is 0 Å². The Morgan fingerprint density at radius 1 is 0.815 bits per heavy atom. The summed E-state index contributed by atoms with van der Waals surface area (Å²) in [7, 11) is 0. The number of imidazole rings is 1. The summed E-state index contributed by atoms with van der Waals surface area (Å²) in [4.78, 5) is 4.14. The third-order valence-corrected chi connectivity index (χ3v) is 5.52. The van der Waals surface area contributed by atoms with Crippen LogP contribution in [0.15, 0.2) is 73.3 Å². The smallest absolute Gasteiger partial charge is 0.0945 e. The minimum atomic E-state index is 0.779. The molecular formula is C24H29ClN2. The van der Waals surface area contributed by atoms with E-state index >= 15 is 0 Å². The summed E-state index contributed by atoms with van der Waals surface area (Å²) in [6, 6.07) is 19.2. The van der Waals surface area contributed by atoms with Crippen LogP contribution in [-0.4, -0.2) is 9.55 Å². The van der Waals surface area contributed by atoms with Gasteiger partial charge in [-0.1, -0.05) is 60.5 Å². The predicted octanol–water partition coefficient (Wildman–Crippen LogP) is 6.59. The zero-order chi connectivity index (χ0) is 18.7. The molecule has 0 aliphatic rings. The molecule has 2 aromatic carbocycles. The Balaban J connectivity index is 1.47. The first-order valence-corrected chi connectivity index (χ1v) is 10.4. The van der Waals surface area contributed by atoms with Gasteiger partial charge in [0.15, 0.2) is 0 Å². The number of hydrogen-bond acceptors (Lipinski definition) is 1. The predicted molar refractivity (Wildman–Crippen MR) is 114 cm³/mol. The summed E-state index contributed by atoms with van der Waals surface area (Å²) >= 11 is 5.99. The molecule has 0 bridgehead atoms. The molecule has 1 aromatic heterocycles. The second kappa shape index (κ2) is 10.9. The molecule has 27 heavy (non-hydrogen) atoms. The highest BCUT2D eigenvalue weighted by atomic mass is 35.5. The number of rotatable bonds is 11. The quantitative estimate of drug-likeness (QED) is 0.367. The van der Waals surface area contributed by atoms with E-state index in [1.54, 1.807) is 0 Å². The molecule has 0 saturated carbocycles. The van der Waals surface area contributed by atoms with Gasteiger partial charge >= 0.3 is 0 Å². The molecular weight excluding hydrogens is 352 g/mol. The molecule has 0 fully saturated rings. The van der Waals surface area contributed by atoms with Crippen molar-refractivity contribution in [1.29, 1.82) is 0 Å². The number of aryl methyl sites for hydroxylation is 3. The summed E-state index contributed by atoms with van der Waals surface area (Å²) in [5, 5.41) is 0.819. The summed E-state index contributed by atoms with van der Waals surface area (Å²) in [6.45, 7) is 1.07. The van der Waals surface area contributed by atoms with E-state index in [2.05, 4.69) is 58.2 Å². The van der Waals surface area contributed by atoms with Gasteiger partial charge < -0.3 is 4.57 Å². The number of hydrogen-bond donors (Lipinski definition) is 0. The molecule has 0 saturated heterocycles. The van der Waals surface area contributed by atoms with Gasteiger partial charge in [0.1, 0.15) is 0 Å². The highest BCUT2D eigenvalue weighted by Crippen LogP contribution is 2.22. The van der Waals surface area contributed by atoms with Crippen molar-refractivity contribution in [2.45, 2.75) is 51.5 Å². The lowest BCUT2D eigenvalue weighted by molar-refractivity contribution is 0.386. The summed E-state index contributed by atoms with van der Waals surface area (Å²) < 4.78 is 2.18. The molecule has 0 radical (unpaired) electrons. The zero-order valence-corrected chi connectivity index (χ0v) is 16.7. The van der Waals surface area contributed by atoms with Crippen LogP contribution >= 0.6 is 11.6 Å². The van der Waals surface area contributed by atoms with Gasteiger partial charge in [0.05, 0.1) is 6.33 Å². The van der Waals surface area contributed by atoms with Crippen molar-refractivity contribution in [2.24, 2.45) is 5.92 Å². The summed E-state index contributed by atoms with van der Waals surface area (Å²) in [6.07, 6.45) is 14.5. The maximum atomic E-state index is 5.99. The van der Waals surface area contributed by atoms with Crippen LogP contribution in [0.2, 0.25) is 5.02 Å². The van der Waals surface area contributed by atoms with E-state index in [1.165, 1.54) is 49.7 Å². The van der Waals surface area contributed by atoms with Gasteiger partial charge in [-0.3, -0.25) is 0 Å². The van der Waals surface area contributed by atoms with Gasteiger partial charge in [-0.25, -0.2) is 4.98 Å². The van der Waals surface area contributed by atoms with Crippen LogP contribution in [0.25, 0.3) is 0 Å². The van der Waals surface area contributed by atoms with Crippen molar-refractivity contribution in [3.63, 3.8) is 0 Å². The normalized spacial score (nSPS) is 12.2. The molecule has 0 amide bonds. The minimum absolute atomic E-state index is 0.779. The number of halogens is 1. The van der Waals surface area contributed by atoms with Crippen molar-refractivity contribution in [3.05, 3.63) is 89.5 Å². The van der Waals surface area contributed by atoms with Crippen LogP contribution in [-0.2, 0) is 19.4 Å². The molecule has 0 spiro atoms. The molecule has 2 nitrogen and oxygen atoms in total. The standard InChI is InChI=1S/C24H29ClN2/c25-24-15-13-23(14-16-24)9-4-8-22(10-5-18-27-19-17-26-20-27)12-11-21-6-2-1-3-7-21/h1-3,6-7,13-17,19-20,22H,4-5,8-12,18H2. The molecule has 0 aliphatic heterocycles. The van der Waals surface area contributed by atoms with Gasteiger partial charge in [0.25, 0.3) is 0 Å². The van der Waals surface area contributed by atoms with E-state index in [0.29, 0.717) is 0 Å². The molecule has 142 valence electrons. The first kappa shape index (κ1) is 19.7. The van der Waals surface area contributed by atoms with E-state index < -0.39 is 0 Å². The van der Waals surface area contributed by atoms with Crippen LogP contribution in [0.4, 0.5) is 0 Å². The van der Waals surface area contributed by atoms with Crippen molar-refractivity contribution in [1.82, 2.24) is 9.55 Å². The molecule has 0 aliphatic carbocycles. The highest BCUT2D eigenvalue weighted by Gasteiger charge is 2.10. The SMILES string of the molecule is Clc1ccc(CCCC(CCCn2ccnc2)CCc2ccccc2)cc1. The largest absolute Gasteiger partial charge is 0.337 e. The van der Waals surface area contributed by atoms with E-state index in [0.717, 1.165) is 23.9 Å². The van der Waals surface area contributed by atoms with Crippen LogP contribution in [0.1, 0.15) is 43.2 Å².